The summed E-state index contributed by atoms with van der Waals surface area (Å²) in [7, 11) is -0.212. The Kier molecular flexibility index (Phi) is 7.91. The highest BCUT2D eigenvalue weighted by Gasteiger charge is 2.32. The molecule has 0 saturated carbocycles. The first kappa shape index (κ1) is 25.8. The summed E-state index contributed by atoms with van der Waals surface area (Å²) >= 11 is 0. The average Bonchev–Trinajstić information content (AvgIpc) is 2.87. The summed E-state index contributed by atoms with van der Waals surface area (Å²) in [4.78, 5) is 2.87. The minimum Gasteiger partial charge on any atom is -0.493 e. The normalized spacial score (nSPS) is 19.1. The average molecular weight is 517 g/mol. The summed E-state index contributed by atoms with van der Waals surface area (Å²) in [6, 6.07) is 17.4. The van der Waals surface area contributed by atoms with Crippen LogP contribution < -0.4 is 9.47 Å². The Bertz CT molecular complexity index is 1290. The number of sulfonamides is 1. The van der Waals surface area contributed by atoms with Crippen molar-refractivity contribution < 1.29 is 17.9 Å². The molecule has 2 aliphatic heterocycles. The molecule has 0 amide bonds. The number of piperidine rings is 1. The maximum absolute atomic E-state index is 13.6. The zero-order chi connectivity index (χ0) is 23.7. The molecule has 1 fully saturated rings. The zero-order valence-electron chi connectivity index (χ0n) is 20.3. The van der Waals surface area contributed by atoms with Crippen LogP contribution in [0.5, 0.6) is 11.5 Å². The monoisotopic (exact) mass is 516 g/mol. The van der Waals surface area contributed by atoms with Gasteiger partial charge in [0.15, 0.2) is 11.5 Å². The van der Waals surface area contributed by atoms with E-state index >= 15 is 0 Å². The molecule has 0 aromatic heterocycles. The van der Waals surface area contributed by atoms with Crippen LogP contribution in [-0.2, 0) is 23.0 Å². The number of hydrogen-bond acceptors (Lipinski definition) is 5. The van der Waals surface area contributed by atoms with Gasteiger partial charge in [-0.05, 0) is 59.9 Å². The first-order chi connectivity index (χ1) is 16.5. The lowest BCUT2D eigenvalue weighted by atomic mass is 9.95. The highest BCUT2D eigenvalue weighted by molar-refractivity contribution is 7.89. The van der Waals surface area contributed by atoms with Gasteiger partial charge in [-0.2, -0.15) is 4.31 Å². The Balaban J connectivity index is 0.00000289. The number of methoxy groups -OCH3 is 2. The van der Waals surface area contributed by atoms with Crippen molar-refractivity contribution in [2.24, 2.45) is 5.92 Å². The van der Waals surface area contributed by atoms with Crippen molar-refractivity contribution in [3.63, 3.8) is 0 Å². The predicted octanol–water partition coefficient (Wildman–Crippen LogP) is 4.74. The largest absolute Gasteiger partial charge is 0.493 e. The Morgan fingerprint density at radius 1 is 0.943 bits per heavy atom. The lowest BCUT2D eigenvalue weighted by Crippen LogP contribution is -2.44. The van der Waals surface area contributed by atoms with Gasteiger partial charge in [-0.1, -0.05) is 36.4 Å². The maximum atomic E-state index is 13.6. The van der Waals surface area contributed by atoms with Crippen LogP contribution in [0.4, 0.5) is 0 Å². The number of benzene rings is 3. The third kappa shape index (κ3) is 5.14. The Morgan fingerprint density at radius 3 is 2.43 bits per heavy atom. The Morgan fingerprint density at radius 2 is 1.66 bits per heavy atom. The first-order valence-electron chi connectivity index (χ1n) is 11.9. The minimum atomic E-state index is -3.54. The maximum Gasteiger partial charge on any atom is 0.243 e. The molecule has 188 valence electrons. The molecule has 1 atom stereocenters. The van der Waals surface area contributed by atoms with E-state index in [2.05, 4.69) is 17.0 Å². The van der Waals surface area contributed by atoms with Crippen molar-refractivity contribution in [2.45, 2.75) is 30.7 Å². The number of rotatable bonds is 6. The van der Waals surface area contributed by atoms with Crippen molar-refractivity contribution in [3.05, 3.63) is 65.7 Å². The zero-order valence-corrected chi connectivity index (χ0v) is 21.9. The van der Waals surface area contributed by atoms with Gasteiger partial charge in [0.1, 0.15) is 0 Å². The lowest BCUT2D eigenvalue weighted by Gasteiger charge is -2.37. The summed E-state index contributed by atoms with van der Waals surface area (Å²) in [6.07, 6.45) is 2.90. The topological polar surface area (TPSA) is 59.1 Å². The molecular weight excluding hydrogens is 484 g/mol. The smallest absolute Gasteiger partial charge is 0.243 e. The third-order valence-electron chi connectivity index (χ3n) is 7.16. The minimum absolute atomic E-state index is 0. The fourth-order valence-electron chi connectivity index (χ4n) is 5.42. The van der Waals surface area contributed by atoms with Crippen LogP contribution >= 0.6 is 12.4 Å². The molecule has 6 nitrogen and oxygen atoms in total. The van der Waals surface area contributed by atoms with Gasteiger partial charge < -0.3 is 9.47 Å². The molecule has 0 radical (unpaired) electrons. The number of hydrogen-bond donors (Lipinski definition) is 0. The highest BCUT2D eigenvalue weighted by Crippen LogP contribution is 2.34. The number of halogens is 1. The predicted molar refractivity (Wildman–Crippen MR) is 141 cm³/mol. The summed E-state index contributed by atoms with van der Waals surface area (Å²) in [5.74, 6) is 1.85. The standard InChI is InChI=1S/C27H32N2O4S.ClH/c1-32-25-15-22-12-14-28(19-23(22)16-26(25)33-2)17-20-7-6-13-29(18-20)34(30,31)27-11-5-9-21-8-3-4-10-24(21)27;/h3-5,8-11,15-16,20H,6-7,12-14,17-19H2,1-2H3;1H. The molecule has 3 aromatic carbocycles. The fourth-order valence-corrected chi connectivity index (χ4v) is 7.19. The molecular formula is C27H33ClN2O4S. The van der Waals surface area contributed by atoms with Gasteiger partial charge >= 0.3 is 0 Å². The third-order valence-corrected chi connectivity index (χ3v) is 9.09. The van der Waals surface area contributed by atoms with Crippen LogP contribution in [0.25, 0.3) is 10.8 Å². The van der Waals surface area contributed by atoms with E-state index < -0.39 is 10.0 Å². The molecule has 0 spiro atoms. The Labute approximate surface area is 214 Å². The van der Waals surface area contributed by atoms with Gasteiger partial charge in [0.2, 0.25) is 10.0 Å². The van der Waals surface area contributed by atoms with Crippen molar-refractivity contribution in [3.8, 4) is 11.5 Å². The lowest BCUT2D eigenvalue weighted by molar-refractivity contribution is 0.167. The van der Waals surface area contributed by atoms with Crippen LogP contribution in [0, 0.1) is 5.92 Å². The molecule has 2 heterocycles. The van der Waals surface area contributed by atoms with Gasteiger partial charge in [-0.15, -0.1) is 12.4 Å². The molecule has 35 heavy (non-hydrogen) atoms. The second kappa shape index (κ2) is 10.7. The second-order valence-corrected chi connectivity index (χ2v) is 11.2. The quantitative estimate of drug-likeness (QED) is 0.473. The number of ether oxygens (including phenoxy) is 2. The van der Waals surface area contributed by atoms with Gasteiger partial charge in [0, 0.05) is 38.1 Å². The van der Waals surface area contributed by atoms with Crippen LogP contribution in [-0.4, -0.2) is 58.0 Å². The number of fused-ring (bicyclic) bond motifs is 2. The molecule has 1 saturated heterocycles. The molecule has 8 heteroatoms. The summed E-state index contributed by atoms with van der Waals surface area (Å²) in [5, 5.41) is 1.75. The van der Waals surface area contributed by atoms with E-state index in [0.717, 1.165) is 61.2 Å². The first-order valence-corrected chi connectivity index (χ1v) is 13.4. The molecule has 3 aromatic rings. The fraction of sp³-hybridized carbons (Fsp3) is 0.407. The molecule has 1 unspecified atom stereocenters. The summed E-state index contributed by atoms with van der Waals surface area (Å²) < 4.78 is 39.9. The van der Waals surface area contributed by atoms with Crippen molar-refractivity contribution >= 4 is 33.2 Å². The molecule has 5 rings (SSSR count). The van der Waals surface area contributed by atoms with Crippen LogP contribution in [0.3, 0.4) is 0 Å². The van der Waals surface area contributed by atoms with E-state index in [1.165, 1.54) is 11.1 Å². The van der Waals surface area contributed by atoms with Crippen LogP contribution in [0.15, 0.2) is 59.5 Å². The highest BCUT2D eigenvalue weighted by atomic mass is 35.5. The van der Waals surface area contributed by atoms with E-state index in [1.54, 1.807) is 24.6 Å². The number of nitrogens with zero attached hydrogens (tertiary/aromatic N) is 2. The van der Waals surface area contributed by atoms with E-state index in [1.807, 2.05) is 36.4 Å². The Hall–Kier alpha value is -2.32. The molecule has 2 aliphatic rings. The van der Waals surface area contributed by atoms with Crippen molar-refractivity contribution in [1.29, 1.82) is 0 Å². The molecule has 0 aliphatic carbocycles. The van der Waals surface area contributed by atoms with E-state index in [4.69, 9.17) is 9.47 Å². The summed E-state index contributed by atoms with van der Waals surface area (Å²) in [5.41, 5.74) is 2.57. The second-order valence-electron chi connectivity index (χ2n) is 9.31. The van der Waals surface area contributed by atoms with E-state index in [0.29, 0.717) is 23.9 Å². The molecule has 0 N–H and O–H groups in total. The van der Waals surface area contributed by atoms with Gasteiger partial charge in [-0.25, -0.2) is 8.42 Å². The van der Waals surface area contributed by atoms with E-state index in [9.17, 15) is 8.42 Å². The van der Waals surface area contributed by atoms with Crippen molar-refractivity contribution in [2.75, 3.05) is 40.4 Å². The van der Waals surface area contributed by atoms with Gasteiger partial charge in [0.05, 0.1) is 19.1 Å². The summed E-state index contributed by atoms with van der Waals surface area (Å²) in [6.45, 7) is 3.87. The van der Waals surface area contributed by atoms with Crippen LogP contribution in [0.1, 0.15) is 24.0 Å². The van der Waals surface area contributed by atoms with E-state index in [-0.39, 0.29) is 12.4 Å². The van der Waals surface area contributed by atoms with Crippen molar-refractivity contribution in [1.82, 2.24) is 9.21 Å². The molecule has 0 bridgehead atoms. The van der Waals surface area contributed by atoms with Gasteiger partial charge in [0.25, 0.3) is 0 Å². The van der Waals surface area contributed by atoms with Gasteiger partial charge in [-0.3, -0.25) is 4.90 Å². The van der Waals surface area contributed by atoms with Crippen LogP contribution in [0.2, 0.25) is 0 Å². The SMILES string of the molecule is COc1cc2c(cc1OC)CN(CC1CCCN(S(=O)(=O)c3cccc4ccccc34)C1)CC2.Cl.